The van der Waals surface area contributed by atoms with E-state index < -0.39 is 12.1 Å². The number of H-pyrrole nitrogens is 1. The molecule has 0 radical (unpaired) electrons. The fourth-order valence-electron chi connectivity index (χ4n) is 2.82. The maximum atomic E-state index is 10.6. The Balaban J connectivity index is 0.000000298. The van der Waals surface area contributed by atoms with Crippen LogP contribution >= 0.6 is 22.7 Å². The standard InChI is InChI=1S/C15H17N5S2.C2HF3O2/c1-2-11(21-6-1)9-20-5-3-12-13(18-19-14(12)10-20)8-17-15-16-4-7-22-15;3-2(4,5)1(6)7/h1-2,4,6-7H,3,5,8-10H2,(H,16,17)(H,18,19);(H,6,7). The number of aromatic amines is 1. The van der Waals surface area contributed by atoms with Crippen molar-refractivity contribution in [3.63, 3.8) is 0 Å². The lowest BCUT2D eigenvalue weighted by Gasteiger charge is -2.26. The van der Waals surface area contributed by atoms with Gasteiger partial charge in [0.2, 0.25) is 0 Å². The molecule has 1 aliphatic rings. The number of anilines is 1. The smallest absolute Gasteiger partial charge is 0.475 e. The Morgan fingerprint density at radius 3 is 2.76 bits per heavy atom. The fraction of sp³-hybridized carbons (Fsp3) is 0.353. The van der Waals surface area contributed by atoms with E-state index in [0.29, 0.717) is 0 Å². The van der Waals surface area contributed by atoms with Gasteiger partial charge in [0, 0.05) is 41.7 Å². The summed E-state index contributed by atoms with van der Waals surface area (Å²) in [5, 5.41) is 23.2. The van der Waals surface area contributed by atoms with E-state index in [2.05, 4.69) is 42.9 Å². The van der Waals surface area contributed by atoms with Crippen molar-refractivity contribution in [2.24, 2.45) is 0 Å². The second-order valence-corrected chi connectivity index (χ2v) is 8.09. The quantitative estimate of drug-likeness (QED) is 0.554. The number of aromatic nitrogens is 3. The van der Waals surface area contributed by atoms with E-state index in [9.17, 15) is 13.2 Å². The van der Waals surface area contributed by atoms with Crippen molar-refractivity contribution < 1.29 is 23.1 Å². The van der Waals surface area contributed by atoms with E-state index in [1.807, 2.05) is 22.9 Å². The second kappa shape index (κ2) is 9.37. The molecule has 0 aromatic carbocycles. The summed E-state index contributed by atoms with van der Waals surface area (Å²) in [6.45, 7) is 3.82. The summed E-state index contributed by atoms with van der Waals surface area (Å²) in [5.74, 6) is -2.76. The first kappa shape index (κ1) is 21.3. The van der Waals surface area contributed by atoms with Crippen LogP contribution in [0, 0.1) is 0 Å². The minimum absolute atomic E-state index is 0.740. The number of carboxylic acid groups (broad SMARTS) is 1. The Morgan fingerprint density at radius 1 is 1.34 bits per heavy atom. The molecule has 4 heterocycles. The SMILES string of the molecule is O=C(O)C(F)(F)F.c1csc(CN2CCc3c(CNc4nccs4)n[nH]c3C2)c1. The highest BCUT2D eigenvalue weighted by atomic mass is 32.1. The van der Waals surface area contributed by atoms with Gasteiger partial charge in [-0.2, -0.15) is 18.3 Å². The molecule has 0 bridgehead atoms. The largest absolute Gasteiger partial charge is 0.490 e. The van der Waals surface area contributed by atoms with Crippen molar-refractivity contribution in [1.82, 2.24) is 20.1 Å². The monoisotopic (exact) mass is 445 g/mol. The number of nitrogens with zero attached hydrogens (tertiary/aromatic N) is 3. The van der Waals surface area contributed by atoms with Crippen LogP contribution in [0.25, 0.3) is 0 Å². The average molecular weight is 445 g/mol. The summed E-state index contributed by atoms with van der Waals surface area (Å²) in [6.07, 6.45) is -2.21. The van der Waals surface area contributed by atoms with Crippen LogP contribution in [0.15, 0.2) is 29.1 Å². The molecule has 12 heteroatoms. The summed E-state index contributed by atoms with van der Waals surface area (Å²) >= 11 is 3.44. The molecule has 0 aliphatic carbocycles. The third-order valence-corrected chi connectivity index (χ3v) is 5.73. The zero-order valence-electron chi connectivity index (χ0n) is 15.1. The van der Waals surface area contributed by atoms with E-state index in [-0.39, 0.29) is 0 Å². The zero-order valence-corrected chi connectivity index (χ0v) is 16.7. The average Bonchev–Trinajstić information content (AvgIpc) is 3.42. The lowest BCUT2D eigenvalue weighted by molar-refractivity contribution is -0.192. The van der Waals surface area contributed by atoms with E-state index in [1.54, 1.807) is 11.3 Å². The molecule has 0 amide bonds. The van der Waals surface area contributed by atoms with Gasteiger partial charge in [0.25, 0.3) is 0 Å². The van der Waals surface area contributed by atoms with Crippen LogP contribution in [0.3, 0.4) is 0 Å². The molecular formula is C17H18F3N5O2S2. The van der Waals surface area contributed by atoms with Crippen LogP contribution in [0.2, 0.25) is 0 Å². The molecule has 0 spiro atoms. The van der Waals surface area contributed by atoms with Gasteiger partial charge >= 0.3 is 12.1 Å². The number of carbonyl (C=O) groups is 1. The number of carboxylic acids is 1. The Morgan fingerprint density at radius 2 is 2.14 bits per heavy atom. The third kappa shape index (κ3) is 6.02. The number of halogens is 3. The van der Waals surface area contributed by atoms with Gasteiger partial charge in [0.1, 0.15) is 0 Å². The van der Waals surface area contributed by atoms with Crippen molar-refractivity contribution >= 4 is 33.8 Å². The lowest BCUT2D eigenvalue weighted by atomic mass is 10.0. The molecule has 3 aromatic heterocycles. The number of fused-ring (bicyclic) bond motifs is 1. The van der Waals surface area contributed by atoms with Crippen LogP contribution in [-0.2, 0) is 30.8 Å². The van der Waals surface area contributed by atoms with E-state index in [1.165, 1.54) is 16.1 Å². The fourth-order valence-corrected chi connectivity index (χ4v) is 4.09. The number of nitrogens with one attached hydrogen (secondary N) is 2. The van der Waals surface area contributed by atoms with Crippen LogP contribution < -0.4 is 5.32 Å². The predicted octanol–water partition coefficient (Wildman–Crippen LogP) is 3.73. The minimum Gasteiger partial charge on any atom is -0.475 e. The Kier molecular flexibility index (Phi) is 6.87. The van der Waals surface area contributed by atoms with Gasteiger partial charge < -0.3 is 10.4 Å². The highest BCUT2D eigenvalue weighted by Crippen LogP contribution is 2.23. The molecule has 1 aliphatic heterocycles. The van der Waals surface area contributed by atoms with Crippen molar-refractivity contribution in [3.05, 3.63) is 50.9 Å². The molecule has 0 unspecified atom stereocenters. The molecule has 7 nitrogen and oxygen atoms in total. The first-order valence-electron chi connectivity index (χ1n) is 8.56. The molecule has 0 saturated carbocycles. The highest BCUT2D eigenvalue weighted by Gasteiger charge is 2.38. The van der Waals surface area contributed by atoms with Gasteiger partial charge in [-0.1, -0.05) is 6.07 Å². The summed E-state index contributed by atoms with van der Waals surface area (Å²) in [7, 11) is 0. The van der Waals surface area contributed by atoms with Crippen molar-refractivity contribution in [1.29, 1.82) is 0 Å². The predicted molar refractivity (Wildman–Crippen MR) is 104 cm³/mol. The number of hydrogen-bond donors (Lipinski definition) is 3. The summed E-state index contributed by atoms with van der Waals surface area (Å²) in [5.41, 5.74) is 3.77. The number of aliphatic carboxylic acids is 1. The zero-order chi connectivity index (χ0) is 20.9. The summed E-state index contributed by atoms with van der Waals surface area (Å²) in [4.78, 5) is 17.0. The Bertz CT molecular complexity index is 910. The van der Waals surface area contributed by atoms with Crippen LogP contribution in [-0.4, -0.2) is 43.9 Å². The van der Waals surface area contributed by atoms with E-state index in [4.69, 9.17) is 9.90 Å². The van der Waals surface area contributed by atoms with Crippen LogP contribution in [0.5, 0.6) is 0 Å². The summed E-state index contributed by atoms with van der Waals surface area (Å²) in [6, 6.07) is 4.32. The summed E-state index contributed by atoms with van der Waals surface area (Å²) < 4.78 is 31.7. The van der Waals surface area contributed by atoms with Gasteiger partial charge in [0.05, 0.1) is 17.9 Å². The van der Waals surface area contributed by atoms with Crippen LogP contribution in [0.1, 0.15) is 21.8 Å². The lowest BCUT2D eigenvalue weighted by Crippen LogP contribution is -2.30. The van der Waals surface area contributed by atoms with Crippen molar-refractivity contribution in [2.75, 3.05) is 11.9 Å². The number of alkyl halides is 3. The van der Waals surface area contributed by atoms with E-state index >= 15 is 0 Å². The molecule has 3 N–H and O–H groups in total. The first-order valence-corrected chi connectivity index (χ1v) is 10.3. The first-order chi connectivity index (χ1) is 13.8. The number of thiophene rings is 1. The molecule has 0 fully saturated rings. The van der Waals surface area contributed by atoms with Gasteiger partial charge in [-0.05, 0) is 17.9 Å². The maximum Gasteiger partial charge on any atom is 0.490 e. The Hall–Kier alpha value is -2.44. The second-order valence-electron chi connectivity index (χ2n) is 6.16. The topological polar surface area (TPSA) is 94.1 Å². The molecule has 0 atom stereocenters. The highest BCUT2D eigenvalue weighted by molar-refractivity contribution is 7.13. The van der Waals surface area contributed by atoms with Gasteiger partial charge in [-0.25, -0.2) is 9.78 Å². The third-order valence-electron chi connectivity index (χ3n) is 4.14. The number of rotatable bonds is 5. The van der Waals surface area contributed by atoms with Crippen LogP contribution in [0.4, 0.5) is 18.3 Å². The molecule has 3 aromatic rings. The van der Waals surface area contributed by atoms with E-state index in [0.717, 1.165) is 43.4 Å². The van der Waals surface area contributed by atoms with Gasteiger partial charge in [-0.15, -0.1) is 22.7 Å². The van der Waals surface area contributed by atoms with Crippen molar-refractivity contribution in [2.45, 2.75) is 32.2 Å². The molecule has 29 heavy (non-hydrogen) atoms. The Labute approximate surface area is 172 Å². The molecule has 156 valence electrons. The molecular weight excluding hydrogens is 427 g/mol. The maximum absolute atomic E-state index is 10.6. The minimum atomic E-state index is -5.08. The molecule has 0 saturated heterocycles. The van der Waals surface area contributed by atoms with Gasteiger partial charge in [-0.3, -0.25) is 10.00 Å². The number of thiazole rings is 1. The normalized spacial score (nSPS) is 14.0. The van der Waals surface area contributed by atoms with Crippen molar-refractivity contribution in [3.8, 4) is 0 Å². The van der Waals surface area contributed by atoms with Gasteiger partial charge in [0.15, 0.2) is 5.13 Å². The molecule has 4 rings (SSSR count). The number of hydrogen-bond acceptors (Lipinski definition) is 7.